The minimum absolute atomic E-state index is 0.683. The van der Waals surface area contributed by atoms with Gasteiger partial charge in [-0.05, 0) is 67.5 Å². The Hall–Kier alpha value is -8.21. The highest BCUT2D eigenvalue weighted by Gasteiger charge is 2.22. The lowest BCUT2D eigenvalue weighted by molar-refractivity contribution is 0.979. The predicted molar refractivity (Wildman–Crippen MR) is 253 cm³/mol. The van der Waals surface area contributed by atoms with Crippen LogP contribution in [0.3, 0.4) is 0 Å². The van der Waals surface area contributed by atoms with Gasteiger partial charge in [0.05, 0.1) is 22.6 Å². The first kappa shape index (κ1) is 34.8. The highest BCUT2D eigenvalue weighted by molar-refractivity contribution is 6.25. The van der Waals surface area contributed by atoms with Crippen LogP contribution >= 0.6 is 0 Å². The van der Waals surface area contributed by atoms with Gasteiger partial charge in [-0.2, -0.15) is 5.10 Å². The summed E-state index contributed by atoms with van der Waals surface area (Å²) in [6.07, 6.45) is 0. The van der Waals surface area contributed by atoms with E-state index in [0.717, 1.165) is 78.0 Å². The molecule has 12 aromatic rings. The van der Waals surface area contributed by atoms with E-state index in [1.165, 1.54) is 32.3 Å². The van der Waals surface area contributed by atoms with Gasteiger partial charge in [0.2, 0.25) is 0 Å². The third kappa shape index (κ3) is 5.88. The first-order chi connectivity index (χ1) is 30.2. The Morgan fingerprint density at radius 2 is 0.803 bits per heavy atom. The Morgan fingerprint density at radius 3 is 1.46 bits per heavy atom. The average molecular weight is 777 g/mol. The van der Waals surface area contributed by atoms with Crippen LogP contribution in [0.15, 0.2) is 218 Å². The summed E-state index contributed by atoms with van der Waals surface area (Å²) in [5.41, 5.74) is 12.1. The van der Waals surface area contributed by atoms with Crippen LogP contribution in [-0.2, 0) is 0 Å². The Kier molecular flexibility index (Phi) is 8.13. The van der Waals surface area contributed by atoms with Crippen LogP contribution in [-0.4, -0.2) is 19.6 Å². The summed E-state index contributed by atoms with van der Waals surface area (Å²) in [5, 5.41) is 15.2. The van der Waals surface area contributed by atoms with Crippen molar-refractivity contribution in [1.82, 2.24) is 19.6 Å². The molecule has 0 fully saturated rings. The van der Waals surface area contributed by atoms with Gasteiger partial charge in [-0.15, -0.1) is 0 Å². The maximum Gasteiger partial charge on any atom is 0.160 e. The van der Waals surface area contributed by atoms with Crippen LogP contribution in [0.5, 0.6) is 0 Å². The van der Waals surface area contributed by atoms with Crippen LogP contribution in [0.4, 0.5) is 0 Å². The molecule has 0 saturated carbocycles. The molecule has 0 aliphatic rings. The summed E-state index contributed by atoms with van der Waals surface area (Å²) in [5.74, 6) is 0.683. The molecule has 9 aromatic carbocycles. The molecule has 0 saturated heterocycles. The van der Waals surface area contributed by atoms with Crippen molar-refractivity contribution in [3.8, 4) is 67.5 Å². The van der Waals surface area contributed by atoms with E-state index in [1.807, 2.05) is 18.2 Å². The summed E-state index contributed by atoms with van der Waals surface area (Å²) in [6.45, 7) is 0. The molecule has 0 aliphatic heterocycles. The lowest BCUT2D eigenvalue weighted by Gasteiger charge is -2.14. The first-order valence-corrected chi connectivity index (χ1v) is 20.7. The van der Waals surface area contributed by atoms with Crippen molar-refractivity contribution >= 4 is 48.6 Å². The summed E-state index contributed by atoms with van der Waals surface area (Å²) in [6, 6.07) is 77.4. The van der Waals surface area contributed by atoms with Gasteiger partial charge < -0.3 is 0 Å². The maximum atomic E-state index is 5.45. The van der Waals surface area contributed by atoms with Gasteiger partial charge in [0, 0.05) is 38.8 Å². The van der Waals surface area contributed by atoms with E-state index in [4.69, 9.17) is 15.1 Å². The number of rotatable bonds is 6. The highest BCUT2D eigenvalue weighted by Crippen LogP contribution is 2.42. The second-order valence-corrected chi connectivity index (χ2v) is 15.6. The monoisotopic (exact) mass is 776 g/mol. The van der Waals surface area contributed by atoms with Crippen molar-refractivity contribution in [2.24, 2.45) is 0 Å². The molecule has 0 aliphatic carbocycles. The smallest absolute Gasteiger partial charge is 0.160 e. The maximum absolute atomic E-state index is 5.45. The van der Waals surface area contributed by atoms with Crippen LogP contribution in [0.1, 0.15) is 0 Å². The molecule has 284 valence electrons. The number of benzene rings is 9. The van der Waals surface area contributed by atoms with Crippen molar-refractivity contribution < 1.29 is 0 Å². The predicted octanol–water partition coefficient (Wildman–Crippen LogP) is 14.7. The molecule has 4 heteroatoms. The van der Waals surface area contributed by atoms with Crippen molar-refractivity contribution in [2.45, 2.75) is 0 Å². The second-order valence-electron chi connectivity index (χ2n) is 15.6. The molecular weight excluding hydrogens is 741 g/mol. The van der Waals surface area contributed by atoms with Gasteiger partial charge in [-0.25, -0.2) is 14.5 Å². The van der Waals surface area contributed by atoms with Gasteiger partial charge in [0.25, 0.3) is 0 Å². The fourth-order valence-electron chi connectivity index (χ4n) is 9.13. The standard InChI is InChI=1S/C57H36N4/c1-4-17-37(18-5-1)54-55(38-19-6-2-7-20-38)60-61-53(35-40-23-10-11-26-44(40)56(54)61)43-25-16-24-41(33-43)51-36-52(59-57(58-51)39-21-8-3-9-22-39)42-31-32-49-47-29-13-12-27-45(47)46-28-14-15-30-48(46)50(49)34-42/h1-36H. The molecule has 3 aromatic heterocycles. The van der Waals surface area contributed by atoms with E-state index in [1.54, 1.807) is 0 Å². The lowest BCUT2D eigenvalue weighted by atomic mass is 9.92. The molecule has 0 atom stereocenters. The van der Waals surface area contributed by atoms with Crippen LogP contribution in [0, 0.1) is 0 Å². The zero-order chi connectivity index (χ0) is 40.3. The fourth-order valence-corrected chi connectivity index (χ4v) is 9.13. The highest BCUT2D eigenvalue weighted by atomic mass is 15.2. The van der Waals surface area contributed by atoms with Gasteiger partial charge >= 0.3 is 0 Å². The number of hydrogen-bond donors (Lipinski definition) is 0. The van der Waals surface area contributed by atoms with Crippen molar-refractivity contribution in [2.75, 3.05) is 0 Å². The summed E-state index contributed by atoms with van der Waals surface area (Å²) in [7, 11) is 0. The van der Waals surface area contributed by atoms with Crippen LogP contribution in [0.2, 0.25) is 0 Å². The average Bonchev–Trinajstić information content (AvgIpc) is 3.76. The number of pyridine rings is 1. The molecule has 0 unspecified atom stereocenters. The van der Waals surface area contributed by atoms with E-state index < -0.39 is 0 Å². The third-order valence-corrected chi connectivity index (χ3v) is 12.0. The van der Waals surface area contributed by atoms with E-state index in [-0.39, 0.29) is 0 Å². The minimum Gasteiger partial charge on any atom is -0.231 e. The van der Waals surface area contributed by atoms with Crippen molar-refractivity contribution in [3.63, 3.8) is 0 Å². The molecule has 0 radical (unpaired) electrons. The Morgan fingerprint density at radius 1 is 0.311 bits per heavy atom. The quantitative estimate of drug-likeness (QED) is 0.158. The summed E-state index contributed by atoms with van der Waals surface area (Å²) in [4.78, 5) is 10.5. The molecule has 3 heterocycles. The molecule has 0 spiro atoms. The fraction of sp³-hybridized carbons (Fsp3) is 0. The van der Waals surface area contributed by atoms with Crippen LogP contribution in [0.25, 0.3) is 116 Å². The zero-order valence-electron chi connectivity index (χ0n) is 33.1. The van der Waals surface area contributed by atoms with E-state index in [9.17, 15) is 0 Å². The summed E-state index contributed by atoms with van der Waals surface area (Å²) < 4.78 is 2.15. The van der Waals surface area contributed by atoms with Gasteiger partial charge in [0.1, 0.15) is 5.69 Å². The molecule has 4 nitrogen and oxygen atoms in total. The number of fused-ring (bicyclic) bond motifs is 9. The second kappa shape index (κ2) is 14.3. The van der Waals surface area contributed by atoms with Crippen molar-refractivity contribution in [3.05, 3.63) is 218 Å². The largest absolute Gasteiger partial charge is 0.231 e. The minimum atomic E-state index is 0.683. The van der Waals surface area contributed by atoms with Gasteiger partial charge in [-0.1, -0.05) is 194 Å². The number of hydrogen-bond acceptors (Lipinski definition) is 3. The van der Waals surface area contributed by atoms with E-state index in [2.05, 4.69) is 205 Å². The topological polar surface area (TPSA) is 43.1 Å². The van der Waals surface area contributed by atoms with E-state index >= 15 is 0 Å². The van der Waals surface area contributed by atoms with Gasteiger partial charge in [0.15, 0.2) is 5.82 Å². The van der Waals surface area contributed by atoms with Gasteiger partial charge in [-0.3, -0.25) is 0 Å². The molecule has 12 rings (SSSR count). The molecule has 0 bridgehead atoms. The van der Waals surface area contributed by atoms with E-state index in [0.29, 0.717) is 5.82 Å². The molecule has 0 N–H and O–H groups in total. The Bertz CT molecular complexity index is 3600. The lowest BCUT2D eigenvalue weighted by Crippen LogP contribution is -1.98. The first-order valence-electron chi connectivity index (χ1n) is 20.7. The molecule has 0 amide bonds. The number of aromatic nitrogens is 4. The zero-order valence-corrected chi connectivity index (χ0v) is 33.1. The Labute approximate surface area is 352 Å². The Balaban J connectivity index is 1.07. The normalized spacial score (nSPS) is 11.6. The number of nitrogens with zero attached hydrogens (tertiary/aromatic N) is 4. The SMILES string of the molecule is c1ccc(-c2nc(-c3cccc(-c4cc5ccccc5c5c(-c6ccccc6)c(-c6ccccc6)nn45)c3)cc(-c3ccc4c5ccccc5c5ccccc5c4c3)n2)cc1. The molecular formula is C57H36N4. The summed E-state index contributed by atoms with van der Waals surface area (Å²) >= 11 is 0. The van der Waals surface area contributed by atoms with Crippen molar-refractivity contribution in [1.29, 1.82) is 0 Å². The van der Waals surface area contributed by atoms with Crippen LogP contribution < -0.4 is 0 Å². The molecule has 61 heavy (non-hydrogen) atoms. The third-order valence-electron chi connectivity index (χ3n) is 12.0.